The first-order chi connectivity index (χ1) is 7.63. The van der Waals surface area contributed by atoms with E-state index in [0.29, 0.717) is 6.42 Å². The van der Waals surface area contributed by atoms with Gasteiger partial charge in [-0.05, 0) is 39.0 Å². The Balaban J connectivity index is 2.23. The highest BCUT2D eigenvalue weighted by atomic mass is 16.6. The normalized spacial score (nSPS) is 21.2. The van der Waals surface area contributed by atoms with Gasteiger partial charge in [-0.3, -0.25) is 0 Å². The van der Waals surface area contributed by atoms with E-state index in [9.17, 15) is 9.90 Å². The van der Waals surface area contributed by atoms with E-state index in [4.69, 9.17) is 4.74 Å². The third-order valence-electron chi connectivity index (χ3n) is 3.17. The molecule has 1 saturated carbocycles. The van der Waals surface area contributed by atoms with Gasteiger partial charge in [0.2, 0.25) is 0 Å². The molecule has 0 saturated heterocycles. The maximum absolute atomic E-state index is 11.5. The van der Waals surface area contributed by atoms with Crippen LogP contribution in [0.1, 0.15) is 52.4 Å². The van der Waals surface area contributed by atoms with Gasteiger partial charge >= 0.3 is 6.09 Å². The smallest absolute Gasteiger partial charge is 0.407 e. The Hall–Kier alpha value is -0.770. The number of hydrogen-bond acceptors (Lipinski definition) is 3. The van der Waals surface area contributed by atoms with Crippen molar-refractivity contribution >= 4 is 6.09 Å². The average molecular weight is 229 g/mol. The van der Waals surface area contributed by atoms with Crippen LogP contribution >= 0.6 is 0 Å². The van der Waals surface area contributed by atoms with Crippen LogP contribution in [-0.2, 0) is 4.74 Å². The zero-order valence-electron chi connectivity index (χ0n) is 10.2. The number of aliphatic hydroxyl groups excluding tert-OH is 1. The van der Waals surface area contributed by atoms with Crippen LogP contribution in [-0.4, -0.2) is 29.4 Å². The highest BCUT2D eigenvalue weighted by molar-refractivity contribution is 5.67. The minimum absolute atomic E-state index is 0.0692. The zero-order valence-corrected chi connectivity index (χ0v) is 10.2. The molecule has 1 fully saturated rings. The van der Waals surface area contributed by atoms with Crippen molar-refractivity contribution in [3.8, 4) is 0 Å². The van der Waals surface area contributed by atoms with Crippen LogP contribution in [0, 0.1) is 0 Å². The van der Waals surface area contributed by atoms with Gasteiger partial charge in [-0.2, -0.15) is 0 Å². The van der Waals surface area contributed by atoms with Crippen LogP contribution in [0.3, 0.4) is 0 Å². The van der Waals surface area contributed by atoms with Gasteiger partial charge in [-0.25, -0.2) is 4.79 Å². The summed E-state index contributed by atoms with van der Waals surface area (Å²) < 4.78 is 5.30. The van der Waals surface area contributed by atoms with Crippen molar-refractivity contribution in [3.05, 3.63) is 0 Å². The van der Waals surface area contributed by atoms with Crippen molar-refractivity contribution in [2.75, 3.05) is 0 Å². The highest BCUT2D eigenvalue weighted by Gasteiger charge is 2.20. The maximum atomic E-state index is 11.5. The number of hydrogen-bond donors (Lipinski definition) is 2. The standard InChI is InChI=1S/C12H23NO3/c1-3-11(14)9(2)13-12(15)16-10-7-5-4-6-8-10/h9-11,14H,3-8H2,1-2H3,(H,13,15). The van der Waals surface area contributed by atoms with Gasteiger partial charge in [0.15, 0.2) is 0 Å². The number of rotatable bonds is 4. The zero-order chi connectivity index (χ0) is 12.0. The van der Waals surface area contributed by atoms with E-state index in [1.54, 1.807) is 6.92 Å². The maximum Gasteiger partial charge on any atom is 0.407 e. The quantitative estimate of drug-likeness (QED) is 0.777. The summed E-state index contributed by atoms with van der Waals surface area (Å²) in [5.41, 5.74) is 0. The van der Waals surface area contributed by atoms with E-state index in [-0.39, 0.29) is 12.1 Å². The Bertz CT molecular complexity index is 208. The fourth-order valence-corrected chi connectivity index (χ4v) is 2.00. The van der Waals surface area contributed by atoms with Gasteiger partial charge in [0, 0.05) is 0 Å². The summed E-state index contributed by atoms with van der Waals surface area (Å²) in [5.74, 6) is 0. The first kappa shape index (κ1) is 13.3. The third kappa shape index (κ3) is 4.39. The van der Waals surface area contributed by atoms with Gasteiger partial charge in [-0.15, -0.1) is 0 Å². The van der Waals surface area contributed by atoms with Gasteiger partial charge in [0.05, 0.1) is 12.1 Å². The lowest BCUT2D eigenvalue weighted by atomic mass is 9.98. The van der Waals surface area contributed by atoms with Gasteiger partial charge in [0.1, 0.15) is 6.10 Å². The molecule has 2 unspecified atom stereocenters. The fraction of sp³-hybridized carbons (Fsp3) is 0.917. The highest BCUT2D eigenvalue weighted by Crippen LogP contribution is 2.20. The molecule has 2 atom stereocenters. The predicted molar refractivity (Wildman–Crippen MR) is 62.2 cm³/mol. The van der Waals surface area contributed by atoms with Crippen molar-refractivity contribution in [2.24, 2.45) is 0 Å². The molecule has 4 nitrogen and oxygen atoms in total. The van der Waals surface area contributed by atoms with Crippen molar-refractivity contribution in [3.63, 3.8) is 0 Å². The second kappa shape index (κ2) is 6.74. The topological polar surface area (TPSA) is 58.6 Å². The predicted octanol–water partition coefficient (Wildman–Crippen LogP) is 2.20. The SMILES string of the molecule is CCC(O)C(C)NC(=O)OC1CCCCC1. The molecule has 0 aromatic carbocycles. The number of carbonyl (C=O) groups is 1. The van der Waals surface area contributed by atoms with Crippen molar-refractivity contribution in [1.29, 1.82) is 0 Å². The van der Waals surface area contributed by atoms with Gasteiger partial charge in [-0.1, -0.05) is 13.3 Å². The Morgan fingerprint density at radius 3 is 2.62 bits per heavy atom. The first-order valence-electron chi connectivity index (χ1n) is 6.28. The molecule has 1 amide bonds. The molecule has 0 aliphatic heterocycles. The number of aliphatic hydroxyl groups is 1. The lowest BCUT2D eigenvalue weighted by molar-refractivity contribution is 0.0632. The molecule has 0 radical (unpaired) electrons. The van der Waals surface area contributed by atoms with Crippen LogP contribution in [0.4, 0.5) is 4.79 Å². The molecule has 1 rings (SSSR count). The van der Waals surface area contributed by atoms with E-state index in [1.807, 2.05) is 6.92 Å². The van der Waals surface area contributed by atoms with Crippen molar-refractivity contribution in [2.45, 2.75) is 70.6 Å². The number of nitrogens with one attached hydrogen (secondary N) is 1. The molecular weight excluding hydrogens is 206 g/mol. The van der Waals surface area contributed by atoms with Gasteiger partial charge in [0.25, 0.3) is 0 Å². The van der Waals surface area contributed by atoms with Gasteiger partial charge < -0.3 is 15.2 Å². The fourth-order valence-electron chi connectivity index (χ4n) is 2.00. The van der Waals surface area contributed by atoms with Crippen LogP contribution < -0.4 is 5.32 Å². The molecule has 0 aromatic rings. The molecule has 4 heteroatoms. The van der Waals surface area contributed by atoms with Crippen LogP contribution in [0.5, 0.6) is 0 Å². The van der Waals surface area contributed by atoms with Crippen molar-refractivity contribution < 1.29 is 14.6 Å². The summed E-state index contributed by atoms with van der Waals surface area (Å²) in [6, 6.07) is -0.249. The average Bonchev–Trinajstić information content (AvgIpc) is 2.29. The van der Waals surface area contributed by atoms with E-state index >= 15 is 0 Å². The summed E-state index contributed by atoms with van der Waals surface area (Å²) in [7, 11) is 0. The second-order valence-corrected chi connectivity index (χ2v) is 4.57. The summed E-state index contributed by atoms with van der Waals surface area (Å²) >= 11 is 0. The Labute approximate surface area is 97.4 Å². The lowest BCUT2D eigenvalue weighted by Gasteiger charge is -2.24. The van der Waals surface area contributed by atoms with Crippen LogP contribution in [0.2, 0.25) is 0 Å². The second-order valence-electron chi connectivity index (χ2n) is 4.57. The Morgan fingerprint density at radius 1 is 1.44 bits per heavy atom. The van der Waals surface area contributed by atoms with E-state index in [0.717, 1.165) is 25.7 Å². The van der Waals surface area contributed by atoms with E-state index < -0.39 is 12.2 Å². The van der Waals surface area contributed by atoms with E-state index in [1.165, 1.54) is 6.42 Å². The molecule has 1 aliphatic rings. The number of alkyl carbamates (subject to hydrolysis) is 1. The molecule has 0 heterocycles. The molecule has 0 spiro atoms. The molecule has 0 bridgehead atoms. The number of amides is 1. The Morgan fingerprint density at radius 2 is 2.06 bits per heavy atom. The van der Waals surface area contributed by atoms with E-state index in [2.05, 4.69) is 5.32 Å². The third-order valence-corrected chi connectivity index (χ3v) is 3.17. The minimum Gasteiger partial charge on any atom is -0.446 e. The Kier molecular flexibility index (Phi) is 5.60. The molecule has 0 aromatic heterocycles. The summed E-state index contributed by atoms with van der Waals surface area (Å²) in [4.78, 5) is 11.5. The van der Waals surface area contributed by atoms with Crippen molar-refractivity contribution in [1.82, 2.24) is 5.32 Å². The summed E-state index contributed by atoms with van der Waals surface area (Å²) in [6.45, 7) is 3.67. The molecule has 2 N–H and O–H groups in total. The van der Waals surface area contributed by atoms with Crippen LogP contribution in [0.25, 0.3) is 0 Å². The summed E-state index contributed by atoms with van der Waals surface area (Å²) in [5, 5.41) is 12.2. The lowest BCUT2D eigenvalue weighted by Crippen LogP contribution is -2.42. The van der Waals surface area contributed by atoms with Crippen LogP contribution in [0.15, 0.2) is 0 Å². The largest absolute Gasteiger partial charge is 0.446 e. The number of ether oxygens (including phenoxy) is 1. The minimum atomic E-state index is -0.501. The molecular formula is C12H23NO3. The molecule has 94 valence electrons. The monoisotopic (exact) mass is 229 g/mol. The molecule has 1 aliphatic carbocycles. The number of carbonyl (C=O) groups excluding carboxylic acids is 1. The summed E-state index contributed by atoms with van der Waals surface area (Å²) in [6.07, 6.45) is 5.27. The molecule has 16 heavy (non-hydrogen) atoms. The first-order valence-corrected chi connectivity index (χ1v) is 6.28.